The van der Waals surface area contributed by atoms with Crippen LogP contribution in [-0.2, 0) is 42.7 Å². The third-order valence-electron chi connectivity index (χ3n) is 4.22. The highest BCUT2D eigenvalue weighted by Gasteiger charge is 2.44. The Balaban J connectivity index is 3.43. The minimum atomic E-state index is -4.20. The Bertz CT molecular complexity index is 874. The van der Waals surface area contributed by atoms with Gasteiger partial charge in [-0.3, -0.25) is 14.2 Å². The van der Waals surface area contributed by atoms with E-state index in [4.69, 9.17) is 18.5 Å². The van der Waals surface area contributed by atoms with Crippen molar-refractivity contribution < 1.29 is 41.1 Å². The molecule has 10 nitrogen and oxygen atoms in total. The van der Waals surface area contributed by atoms with Crippen LogP contribution in [0.15, 0.2) is 29.2 Å². The van der Waals surface area contributed by atoms with E-state index in [0.717, 1.165) is 5.56 Å². The summed E-state index contributed by atoms with van der Waals surface area (Å²) in [5.74, 6) is -4.93. The van der Waals surface area contributed by atoms with Crippen molar-refractivity contribution in [2.75, 3.05) is 26.4 Å². The molecule has 0 bridgehead atoms. The lowest BCUT2D eigenvalue weighted by Gasteiger charge is -2.28. The molecule has 12 heteroatoms. The number of nitrogens with one attached hydrogen (secondary N) is 1. The van der Waals surface area contributed by atoms with Crippen LogP contribution in [0.5, 0.6) is 0 Å². The molecule has 0 saturated heterocycles. The van der Waals surface area contributed by atoms with Gasteiger partial charge in [0.2, 0.25) is 10.0 Å². The molecular weight excluding hydrogens is 461 g/mol. The van der Waals surface area contributed by atoms with Crippen LogP contribution in [0.4, 0.5) is 0 Å². The number of benzene rings is 1. The minimum Gasteiger partial charge on any atom is -0.465 e. The van der Waals surface area contributed by atoms with Crippen LogP contribution in [0.25, 0.3) is 0 Å². The molecule has 1 aromatic rings. The van der Waals surface area contributed by atoms with E-state index >= 15 is 0 Å². The van der Waals surface area contributed by atoms with Crippen molar-refractivity contribution in [1.82, 2.24) is 4.72 Å². The van der Waals surface area contributed by atoms with Crippen molar-refractivity contribution in [3.05, 3.63) is 29.8 Å². The summed E-state index contributed by atoms with van der Waals surface area (Å²) in [7, 11) is -8.34. The summed E-state index contributed by atoms with van der Waals surface area (Å²) >= 11 is 0. The molecule has 0 saturated carbocycles. The number of hydrogen-bond acceptors (Lipinski definition) is 9. The van der Waals surface area contributed by atoms with Gasteiger partial charge in [0, 0.05) is 0 Å². The van der Waals surface area contributed by atoms with Crippen molar-refractivity contribution in [1.29, 1.82) is 0 Å². The number of esters is 2. The van der Waals surface area contributed by atoms with Crippen molar-refractivity contribution in [3.63, 3.8) is 0 Å². The second-order valence-electron chi connectivity index (χ2n) is 6.62. The van der Waals surface area contributed by atoms with Crippen molar-refractivity contribution in [2.24, 2.45) is 5.92 Å². The zero-order chi connectivity index (χ0) is 24.4. The molecule has 0 radical (unpaired) electrons. The highest BCUT2D eigenvalue weighted by Crippen LogP contribution is 2.54. The van der Waals surface area contributed by atoms with E-state index in [2.05, 4.69) is 4.72 Å². The Morgan fingerprint density at radius 2 is 1.38 bits per heavy atom. The van der Waals surface area contributed by atoms with Gasteiger partial charge in [-0.15, -0.1) is 0 Å². The van der Waals surface area contributed by atoms with Gasteiger partial charge in [0.1, 0.15) is 5.78 Å². The highest BCUT2D eigenvalue weighted by molar-refractivity contribution is 7.89. The number of rotatable bonds is 14. The topological polar surface area (TPSA) is 134 Å². The summed E-state index contributed by atoms with van der Waals surface area (Å²) < 4.78 is 62.3. The summed E-state index contributed by atoms with van der Waals surface area (Å²) in [4.78, 5) is 24.8. The molecule has 0 fully saturated rings. The molecule has 32 heavy (non-hydrogen) atoms. The van der Waals surface area contributed by atoms with Crippen LogP contribution in [0, 0.1) is 12.8 Å². The van der Waals surface area contributed by atoms with Gasteiger partial charge < -0.3 is 18.5 Å². The Labute approximate surface area is 189 Å². The van der Waals surface area contributed by atoms with Crippen LogP contribution < -0.4 is 4.72 Å². The van der Waals surface area contributed by atoms with E-state index in [1.54, 1.807) is 46.8 Å². The van der Waals surface area contributed by atoms with Crippen LogP contribution in [0.1, 0.15) is 39.7 Å². The highest BCUT2D eigenvalue weighted by atomic mass is 32.2. The minimum absolute atomic E-state index is 0.0108. The van der Waals surface area contributed by atoms with Crippen LogP contribution >= 0.6 is 7.60 Å². The standard InChI is InChI=1S/C20H32NO9PS/c1-6-27-19(22)17(20(23)28-7-2)14-18(31(24,29-8-3)30-9-4)21-32(25,26)16-12-10-15(5)11-13-16/h10-13,17-18,21H,6-9,14H2,1-5H3. The van der Waals surface area contributed by atoms with Gasteiger partial charge in [-0.2, -0.15) is 4.72 Å². The zero-order valence-electron chi connectivity index (χ0n) is 19.0. The molecule has 0 aliphatic heterocycles. The molecule has 0 aliphatic rings. The lowest BCUT2D eigenvalue weighted by atomic mass is 10.1. The summed E-state index contributed by atoms with van der Waals surface area (Å²) in [5, 5.41) is 0. The number of hydrogen-bond donors (Lipinski definition) is 1. The maximum Gasteiger partial charge on any atom is 0.348 e. The average Bonchev–Trinajstić information content (AvgIpc) is 2.71. The maximum atomic E-state index is 13.5. The molecule has 1 atom stereocenters. The van der Waals surface area contributed by atoms with Gasteiger partial charge in [0.15, 0.2) is 5.92 Å². The van der Waals surface area contributed by atoms with Crippen LogP contribution in [-0.4, -0.2) is 52.6 Å². The van der Waals surface area contributed by atoms with Crippen LogP contribution in [0.2, 0.25) is 0 Å². The predicted octanol–water partition coefficient (Wildman–Crippen LogP) is 3.00. The summed E-state index contributed by atoms with van der Waals surface area (Å²) in [6.07, 6.45) is -0.542. The van der Waals surface area contributed by atoms with Gasteiger partial charge in [-0.25, -0.2) is 8.42 Å². The van der Waals surface area contributed by atoms with E-state index in [1.165, 1.54) is 12.1 Å². The second-order valence-corrected chi connectivity index (χ2v) is 10.6. The Kier molecular flexibility index (Phi) is 11.5. The fourth-order valence-electron chi connectivity index (χ4n) is 2.78. The van der Waals surface area contributed by atoms with Crippen LogP contribution in [0.3, 0.4) is 0 Å². The third kappa shape index (κ3) is 7.97. The molecule has 0 amide bonds. The predicted molar refractivity (Wildman–Crippen MR) is 118 cm³/mol. The first kappa shape index (κ1) is 28.3. The monoisotopic (exact) mass is 493 g/mol. The number of sulfonamides is 1. The zero-order valence-corrected chi connectivity index (χ0v) is 20.7. The molecule has 1 unspecified atom stereocenters. The Morgan fingerprint density at radius 3 is 1.78 bits per heavy atom. The lowest BCUT2D eigenvalue weighted by molar-refractivity contribution is -0.162. The lowest BCUT2D eigenvalue weighted by Crippen LogP contribution is -2.41. The molecule has 1 aromatic carbocycles. The van der Waals surface area contributed by atoms with Crippen molar-refractivity contribution in [3.8, 4) is 0 Å². The van der Waals surface area contributed by atoms with E-state index in [1.807, 2.05) is 0 Å². The number of carbonyl (C=O) groups is 2. The molecular formula is C20H32NO9PS. The molecule has 182 valence electrons. The summed E-state index contributed by atoms with van der Waals surface area (Å²) in [5.41, 5.74) is 0.847. The maximum absolute atomic E-state index is 13.5. The first-order valence-corrected chi connectivity index (χ1v) is 13.4. The first-order valence-electron chi connectivity index (χ1n) is 10.4. The van der Waals surface area contributed by atoms with Gasteiger partial charge in [0.25, 0.3) is 0 Å². The molecule has 0 aliphatic carbocycles. The van der Waals surface area contributed by atoms with Gasteiger partial charge in [0.05, 0.1) is 31.3 Å². The SMILES string of the molecule is CCOC(=O)C(CC(NS(=O)(=O)c1ccc(C)cc1)P(=O)(OCC)OCC)C(=O)OCC. The van der Waals surface area contributed by atoms with Gasteiger partial charge >= 0.3 is 19.5 Å². The van der Waals surface area contributed by atoms with E-state index in [0.29, 0.717) is 0 Å². The van der Waals surface area contributed by atoms with Crippen molar-refractivity contribution >= 4 is 29.6 Å². The first-order chi connectivity index (χ1) is 15.0. The van der Waals surface area contributed by atoms with E-state index < -0.39 is 47.7 Å². The molecule has 0 aromatic heterocycles. The number of carbonyl (C=O) groups excluding carboxylic acids is 2. The molecule has 1 N–H and O–H groups in total. The van der Waals surface area contributed by atoms with Crippen molar-refractivity contribution in [2.45, 2.75) is 51.7 Å². The Hall–Kier alpha value is -1.78. The fraction of sp³-hybridized carbons (Fsp3) is 0.600. The number of aryl methyl sites for hydroxylation is 1. The Morgan fingerprint density at radius 1 is 0.906 bits per heavy atom. The normalized spacial score (nSPS) is 13.1. The van der Waals surface area contributed by atoms with Gasteiger partial charge in [-0.05, 0) is 53.2 Å². The largest absolute Gasteiger partial charge is 0.465 e. The molecule has 1 rings (SSSR count). The van der Waals surface area contributed by atoms with E-state index in [9.17, 15) is 22.6 Å². The molecule has 0 spiro atoms. The quantitative estimate of drug-likeness (QED) is 0.236. The summed E-state index contributed by atoms with van der Waals surface area (Å²) in [6, 6.07) is 5.98. The molecule has 0 heterocycles. The smallest absolute Gasteiger partial charge is 0.348 e. The van der Waals surface area contributed by atoms with E-state index in [-0.39, 0.29) is 31.3 Å². The average molecular weight is 494 g/mol. The third-order valence-corrected chi connectivity index (χ3v) is 8.23. The second kappa shape index (κ2) is 13.1. The fourth-order valence-corrected chi connectivity index (χ4v) is 6.42. The summed E-state index contributed by atoms with van der Waals surface area (Å²) in [6.45, 7) is 7.91. The number of ether oxygens (including phenoxy) is 2. The van der Waals surface area contributed by atoms with Gasteiger partial charge in [-0.1, -0.05) is 17.7 Å².